The minimum absolute atomic E-state index is 0.0173. The number of alkyl halides is 1. The molecule has 1 aliphatic heterocycles. The Bertz CT molecular complexity index is 1260. The Morgan fingerprint density at radius 1 is 1.13 bits per heavy atom. The lowest BCUT2D eigenvalue weighted by Gasteiger charge is -2.41. The van der Waals surface area contributed by atoms with Crippen LogP contribution in [-0.2, 0) is 4.79 Å². The number of pyridine rings is 1. The number of fused-ring (bicyclic) bond motifs is 1. The Hall–Kier alpha value is -3.33. The monoisotopic (exact) mass is 530 g/mol. The largest absolute Gasteiger partial charge is 0.497 e. The van der Waals surface area contributed by atoms with Gasteiger partial charge in [-0.25, -0.2) is 13.2 Å². The van der Waals surface area contributed by atoms with Crippen LogP contribution in [0.5, 0.6) is 11.5 Å². The molecule has 38 heavy (non-hydrogen) atoms. The third-order valence-corrected chi connectivity index (χ3v) is 7.51. The molecule has 0 spiro atoms. The van der Waals surface area contributed by atoms with Crippen molar-refractivity contribution in [2.75, 3.05) is 33.4 Å². The molecule has 0 saturated carbocycles. The molecule has 2 aromatic carbocycles. The molecule has 4 rings (SSSR count). The predicted molar refractivity (Wildman–Crippen MR) is 138 cm³/mol. The van der Waals surface area contributed by atoms with Gasteiger partial charge in [-0.2, -0.15) is 0 Å². The number of benzene rings is 2. The van der Waals surface area contributed by atoms with Crippen molar-refractivity contribution in [2.45, 2.75) is 45.2 Å². The average Bonchev–Trinajstić information content (AvgIpc) is 2.87. The van der Waals surface area contributed by atoms with E-state index in [0.29, 0.717) is 61.1 Å². The number of carbonyl (C=O) groups is 1. The summed E-state index contributed by atoms with van der Waals surface area (Å²) in [5.74, 6) is -1.53. The zero-order valence-corrected chi connectivity index (χ0v) is 21.7. The fourth-order valence-corrected chi connectivity index (χ4v) is 5.40. The number of nitrogens with zero attached hydrogens (tertiary/aromatic N) is 2. The van der Waals surface area contributed by atoms with Crippen molar-refractivity contribution in [2.24, 2.45) is 5.41 Å². The van der Waals surface area contributed by atoms with E-state index < -0.39 is 29.2 Å². The lowest BCUT2D eigenvalue weighted by Crippen LogP contribution is -2.42. The second-order valence-corrected chi connectivity index (χ2v) is 10.1. The highest BCUT2D eigenvalue weighted by molar-refractivity contribution is 5.85. The molecule has 0 radical (unpaired) electrons. The zero-order chi connectivity index (χ0) is 27.3. The van der Waals surface area contributed by atoms with Crippen molar-refractivity contribution in [1.29, 1.82) is 0 Å². The molecule has 1 atom stereocenters. The summed E-state index contributed by atoms with van der Waals surface area (Å²) in [6.45, 7) is 3.90. The zero-order valence-electron chi connectivity index (χ0n) is 21.7. The van der Waals surface area contributed by atoms with Crippen LogP contribution < -0.4 is 9.47 Å². The van der Waals surface area contributed by atoms with Gasteiger partial charge in [-0.3, -0.25) is 14.7 Å². The highest BCUT2D eigenvalue weighted by Crippen LogP contribution is 2.43. The van der Waals surface area contributed by atoms with Gasteiger partial charge in [0.25, 0.3) is 0 Å². The highest BCUT2D eigenvalue weighted by Gasteiger charge is 2.37. The van der Waals surface area contributed by atoms with E-state index in [0.717, 1.165) is 23.8 Å². The standard InChI is InChI=1S/C29H33F3N2O4/c1-19-18-33-26-4-3-22(37-2)16-24(26)28(19)25(32)5-6-29(17-27(35)36)7-9-34(10-8-29)11-12-38-23-14-20(30)13-21(31)15-23/h3-4,13-16,18,25H,5-12,17H2,1-2H3,(H,35,36)/t25-/m0/s1. The molecule has 0 unspecified atom stereocenters. The van der Waals surface area contributed by atoms with Gasteiger partial charge in [-0.05, 0) is 80.4 Å². The Balaban J connectivity index is 1.38. The maximum absolute atomic E-state index is 15.8. The number of carboxylic acids is 1. The maximum atomic E-state index is 15.8. The van der Waals surface area contributed by atoms with Crippen LogP contribution in [0.2, 0.25) is 0 Å². The van der Waals surface area contributed by atoms with Crippen molar-refractivity contribution in [1.82, 2.24) is 9.88 Å². The van der Waals surface area contributed by atoms with Crippen LogP contribution in [0.25, 0.3) is 10.9 Å². The van der Waals surface area contributed by atoms with Gasteiger partial charge in [0.15, 0.2) is 0 Å². The quantitative estimate of drug-likeness (QED) is 0.316. The van der Waals surface area contributed by atoms with E-state index in [2.05, 4.69) is 9.88 Å². The Labute approximate surface area is 220 Å². The number of aliphatic carboxylic acids is 1. The van der Waals surface area contributed by atoms with E-state index in [1.807, 2.05) is 6.92 Å². The molecule has 204 valence electrons. The highest BCUT2D eigenvalue weighted by atomic mass is 19.1. The molecule has 9 heteroatoms. The lowest BCUT2D eigenvalue weighted by atomic mass is 9.71. The van der Waals surface area contributed by atoms with Gasteiger partial charge in [-0.15, -0.1) is 0 Å². The molecule has 1 aromatic heterocycles. The SMILES string of the molecule is COc1ccc2ncc(C)c([C@@H](F)CCC3(CC(=O)O)CCN(CCOc4cc(F)cc(F)c4)CC3)c2c1. The smallest absolute Gasteiger partial charge is 0.303 e. The van der Waals surface area contributed by atoms with Crippen LogP contribution in [0.15, 0.2) is 42.6 Å². The van der Waals surface area contributed by atoms with Crippen molar-refractivity contribution in [3.8, 4) is 11.5 Å². The van der Waals surface area contributed by atoms with Gasteiger partial charge in [0.2, 0.25) is 0 Å². The van der Waals surface area contributed by atoms with Gasteiger partial charge < -0.3 is 14.6 Å². The number of carboxylic acid groups (broad SMARTS) is 1. The third kappa shape index (κ3) is 6.75. The number of aryl methyl sites for hydroxylation is 1. The number of ether oxygens (including phenoxy) is 2. The molecule has 0 amide bonds. The van der Waals surface area contributed by atoms with Gasteiger partial charge >= 0.3 is 5.97 Å². The number of likely N-dealkylation sites (tertiary alicyclic amines) is 1. The normalized spacial score (nSPS) is 16.3. The molecule has 1 saturated heterocycles. The summed E-state index contributed by atoms with van der Waals surface area (Å²) in [5, 5.41) is 10.3. The van der Waals surface area contributed by atoms with Crippen molar-refractivity contribution in [3.05, 3.63) is 65.4 Å². The first-order chi connectivity index (χ1) is 18.2. The minimum Gasteiger partial charge on any atom is -0.497 e. The van der Waals surface area contributed by atoms with E-state index in [1.54, 1.807) is 31.5 Å². The predicted octanol–water partition coefficient (Wildman–Crippen LogP) is 6.26. The number of piperidine rings is 1. The van der Waals surface area contributed by atoms with Crippen molar-refractivity contribution >= 4 is 16.9 Å². The van der Waals surface area contributed by atoms with Crippen LogP contribution in [-0.4, -0.2) is 54.3 Å². The lowest BCUT2D eigenvalue weighted by molar-refractivity contribution is -0.141. The third-order valence-electron chi connectivity index (χ3n) is 7.51. The topological polar surface area (TPSA) is 71.9 Å². The summed E-state index contributed by atoms with van der Waals surface area (Å²) in [7, 11) is 1.56. The fourth-order valence-electron chi connectivity index (χ4n) is 5.40. The summed E-state index contributed by atoms with van der Waals surface area (Å²) in [5.41, 5.74) is 1.50. The summed E-state index contributed by atoms with van der Waals surface area (Å²) < 4.78 is 53.3. The second kappa shape index (κ2) is 12.0. The molecule has 0 bridgehead atoms. The van der Waals surface area contributed by atoms with Crippen LogP contribution in [0, 0.1) is 24.0 Å². The van der Waals surface area contributed by atoms with Crippen LogP contribution in [0.1, 0.15) is 49.4 Å². The molecule has 2 heterocycles. The molecule has 3 aromatic rings. The van der Waals surface area contributed by atoms with Crippen molar-refractivity contribution < 1.29 is 32.5 Å². The van der Waals surface area contributed by atoms with E-state index in [4.69, 9.17) is 9.47 Å². The fraction of sp³-hybridized carbons (Fsp3) is 0.448. The summed E-state index contributed by atoms with van der Waals surface area (Å²) in [6, 6.07) is 8.45. The molecular formula is C29H33F3N2O4. The van der Waals surface area contributed by atoms with Crippen LogP contribution >= 0.6 is 0 Å². The van der Waals surface area contributed by atoms with Gasteiger partial charge in [0, 0.05) is 36.3 Å². The van der Waals surface area contributed by atoms with Gasteiger partial charge in [0.05, 0.1) is 19.0 Å². The van der Waals surface area contributed by atoms with E-state index >= 15 is 4.39 Å². The average molecular weight is 531 g/mol. The van der Waals surface area contributed by atoms with Crippen molar-refractivity contribution in [3.63, 3.8) is 0 Å². The van der Waals surface area contributed by atoms with E-state index in [-0.39, 0.29) is 25.2 Å². The number of hydrogen-bond donors (Lipinski definition) is 1. The number of hydrogen-bond acceptors (Lipinski definition) is 5. The first-order valence-corrected chi connectivity index (χ1v) is 12.8. The minimum atomic E-state index is -1.27. The number of aromatic nitrogens is 1. The number of halogens is 3. The molecule has 1 fully saturated rings. The summed E-state index contributed by atoms with van der Waals surface area (Å²) in [6.07, 6.45) is 2.27. The summed E-state index contributed by atoms with van der Waals surface area (Å²) in [4.78, 5) is 18.3. The Kier molecular flexibility index (Phi) is 8.76. The first-order valence-electron chi connectivity index (χ1n) is 12.8. The molecule has 0 aliphatic carbocycles. The first kappa shape index (κ1) is 27.7. The second-order valence-electron chi connectivity index (χ2n) is 10.1. The van der Waals surface area contributed by atoms with Gasteiger partial charge in [-0.1, -0.05) is 0 Å². The molecule has 1 aliphatic rings. The Morgan fingerprint density at radius 3 is 2.50 bits per heavy atom. The molecule has 6 nitrogen and oxygen atoms in total. The van der Waals surface area contributed by atoms with Gasteiger partial charge in [0.1, 0.15) is 35.9 Å². The molecule has 1 N–H and O–H groups in total. The molecular weight excluding hydrogens is 497 g/mol. The van der Waals surface area contributed by atoms with Crippen LogP contribution in [0.3, 0.4) is 0 Å². The Morgan fingerprint density at radius 2 is 1.84 bits per heavy atom. The van der Waals surface area contributed by atoms with E-state index in [1.165, 1.54) is 0 Å². The number of methoxy groups -OCH3 is 1. The maximum Gasteiger partial charge on any atom is 0.303 e. The van der Waals surface area contributed by atoms with Crippen LogP contribution in [0.4, 0.5) is 13.2 Å². The number of rotatable bonds is 11. The van der Waals surface area contributed by atoms with E-state index in [9.17, 15) is 18.7 Å². The summed E-state index contributed by atoms with van der Waals surface area (Å²) >= 11 is 0.